The Morgan fingerprint density at radius 3 is 1.66 bits per heavy atom. The maximum atomic E-state index is 13.9. The average molecular weight is 905 g/mol. The van der Waals surface area contributed by atoms with Crippen LogP contribution in [0.4, 0.5) is 30.8 Å². The van der Waals surface area contributed by atoms with Crippen molar-refractivity contribution in [2.45, 2.75) is 16.0 Å². The number of halogens is 5. The van der Waals surface area contributed by atoms with Crippen molar-refractivity contribution >= 4 is 84.8 Å². The topological polar surface area (TPSA) is 223 Å². The maximum Gasteiger partial charge on any atom is 0.417 e. The van der Waals surface area contributed by atoms with E-state index in [0.717, 1.165) is 27.0 Å². The van der Waals surface area contributed by atoms with Gasteiger partial charge in [-0.3, -0.25) is 0 Å². The summed E-state index contributed by atoms with van der Waals surface area (Å²) in [7, 11) is -14.0. The fourth-order valence-corrected chi connectivity index (χ4v) is 11.6. The second-order valence-corrected chi connectivity index (χ2v) is 21.4. The third kappa shape index (κ3) is 9.87. The van der Waals surface area contributed by atoms with Crippen LogP contribution in [0.15, 0.2) is 74.9 Å². The van der Waals surface area contributed by atoms with Crippen LogP contribution in [0.2, 0.25) is 5.02 Å². The number of hydrogen-bond acceptors (Lipinski definition) is 12. The summed E-state index contributed by atoms with van der Waals surface area (Å²) in [4.78, 5) is 3.78. The second kappa shape index (κ2) is 15.4. The van der Waals surface area contributed by atoms with E-state index in [0.29, 0.717) is 0 Å². The van der Waals surface area contributed by atoms with Crippen molar-refractivity contribution in [1.82, 2.24) is 23.8 Å². The molecular weight excluding hydrogens is 875 g/mol. The van der Waals surface area contributed by atoms with E-state index in [2.05, 4.69) is 36.4 Å². The number of benzene rings is 3. The molecule has 0 spiro atoms. The van der Waals surface area contributed by atoms with E-state index >= 15 is 0 Å². The largest absolute Gasteiger partial charge is 0.417 e. The third-order valence-electron chi connectivity index (χ3n) is 7.99. The fraction of sp³-hybridized carbons (Fsp3) is 0.310. The Hall–Kier alpha value is -3.32. The van der Waals surface area contributed by atoms with Gasteiger partial charge in [-0.2, -0.15) is 26.8 Å². The Labute approximate surface area is 316 Å². The van der Waals surface area contributed by atoms with Crippen LogP contribution in [0.5, 0.6) is 0 Å². The number of aromatic amines is 1. The normalized spacial score (nSPS) is 18.1. The molecule has 2 aliphatic rings. The number of sulfone groups is 2. The minimum atomic E-state index is -4.79. The van der Waals surface area contributed by atoms with Crippen LogP contribution in [-0.4, -0.2) is 107 Å². The summed E-state index contributed by atoms with van der Waals surface area (Å²) >= 11 is 9.46. The zero-order chi connectivity index (χ0) is 39.0. The fourth-order valence-electron chi connectivity index (χ4n) is 5.23. The number of nitrogens with two attached hydrogens (primary N) is 1. The standard InChI is InChI=1S/C19H18ClF3N6O4S2.C10H12BrNO4S2/c20-15-10-12(25-18-26-17(24)27-28-18)9-14(19(21,22)23)16(15)11-1-3-13(4-2-11)35(32,33)29-5-7-34(30,31)8-6-29;11-9-1-3-10(4-2-9)18(15,16)12-5-7-17(13,14)8-6-12/h1-4,9-10H,5-8H2,(H4,24,25,26,27,28);1-4H,5-8H2. The van der Waals surface area contributed by atoms with Crippen molar-refractivity contribution in [3.63, 3.8) is 0 Å². The summed E-state index contributed by atoms with van der Waals surface area (Å²) in [5.74, 6) is -0.899. The predicted octanol–water partition coefficient (Wildman–Crippen LogP) is 3.76. The maximum absolute atomic E-state index is 13.9. The van der Waals surface area contributed by atoms with Gasteiger partial charge in [-0.25, -0.2) is 38.8 Å². The molecule has 2 saturated heterocycles. The van der Waals surface area contributed by atoms with Crippen molar-refractivity contribution in [2.75, 3.05) is 60.2 Å². The first kappa shape index (κ1) is 40.9. The molecule has 0 unspecified atom stereocenters. The average Bonchev–Trinajstić information content (AvgIpc) is 3.48. The van der Waals surface area contributed by atoms with Crippen molar-refractivity contribution < 1.29 is 46.8 Å². The van der Waals surface area contributed by atoms with Crippen LogP contribution in [0.1, 0.15) is 5.56 Å². The highest BCUT2D eigenvalue weighted by atomic mass is 79.9. The summed E-state index contributed by atoms with van der Waals surface area (Å²) < 4.78 is 141. The highest BCUT2D eigenvalue weighted by Crippen LogP contribution is 2.43. The van der Waals surface area contributed by atoms with E-state index in [1.54, 1.807) is 12.1 Å². The van der Waals surface area contributed by atoms with Gasteiger partial charge in [0.2, 0.25) is 31.9 Å². The zero-order valence-corrected chi connectivity index (χ0v) is 32.7. The molecule has 1 aromatic heterocycles. The number of rotatable bonds is 7. The van der Waals surface area contributed by atoms with Gasteiger partial charge >= 0.3 is 6.18 Å². The Bertz CT molecular complexity index is 2410. The third-order valence-corrected chi connectivity index (χ3v) is 15.9. The first-order valence-electron chi connectivity index (χ1n) is 15.2. The lowest BCUT2D eigenvalue weighted by Gasteiger charge is -2.26. The number of hydrogen-bond donors (Lipinski definition) is 3. The van der Waals surface area contributed by atoms with Crippen molar-refractivity contribution in [3.8, 4) is 11.1 Å². The SMILES string of the molecule is Nc1nc(Nc2cc(Cl)c(-c3ccc(S(=O)(=O)N4CCS(=O)(=O)CC4)cc3)c(C(F)(F)F)c2)n[nH]1.O=S1(=O)CCN(S(=O)(=O)c2ccc(Br)cc2)CC1. The minimum Gasteiger partial charge on any atom is -0.368 e. The molecule has 0 radical (unpaired) electrons. The van der Waals surface area contributed by atoms with E-state index in [1.165, 1.54) is 34.6 Å². The second-order valence-electron chi connectivity index (χ2n) is 11.6. The number of nitrogens with zero attached hydrogens (tertiary/aromatic N) is 4. The van der Waals surface area contributed by atoms with Crippen molar-refractivity contribution in [2.24, 2.45) is 0 Å². The number of nitrogens with one attached hydrogen (secondary N) is 2. The molecule has 2 fully saturated rings. The number of sulfonamides is 2. The molecule has 6 rings (SSSR count). The van der Waals surface area contributed by atoms with Crippen molar-refractivity contribution in [1.29, 1.82) is 0 Å². The van der Waals surface area contributed by atoms with Crippen LogP contribution in [0, 0.1) is 0 Å². The first-order chi connectivity index (χ1) is 24.6. The smallest absolute Gasteiger partial charge is 0.368 e. The Morgan fingerprint density at radius 2 is 1.25 bits per heavy atom. The number of H-pyrrole nitrogens is 1. The van der Waals surface area contributed by atoms with E-state index in [4.69, 9.17) is 17.3 Å². The molecule has 2 aliphatic heterocycles. The molecule has 53 heavy (non-hydrogen) atoms. The molecule has 0 aliphatic carbocycles. The molecule has 0 atom stereocenters. The number of nitrogen functional groups attached to an aromatic ring is 1. The van der Waals surface area contributed by atoms with E-state index in [1.807, 2.05) is 0 Å². The summed E-state index contributed by atoms with van der Waals surface area (Å²) in [6.45, 7) is -0.329. The monoisotopic (exact) mass is 903 g/mol. The Morgan fingerprint density at radius 1 is 0.792 bits per heavy atom. The predicted molar refractivity (Wildman–Crippen MR) is 195 cm³/mol. The van der Waals surface area contributed by atoms with Gasteiger partial charge in [-0.15, -0.1) is 5.10 Å². The van der Waals surface area contributed by atoms with Crippen LogP contribution in [0.3, 0.4) is 0 Å². The van der Waals surface area contributed by atoms with Gasteiger partial charge in [-0.05, 0) is 54.1 Å². The van der Waals surface area contributed by atoms with Gasteiger partial charge < -0.3 is 11.1 Å². The molecule has 0 bridgehead atoms. The molecule has 15 nitrogen and oxygen atoms in total. The zero-order valence-electron chi connectivity index (χ0n) is 27.1. The van der Waals surface area contributed by atoms with Crippen LogP contribution < -0.4 is 11.1 Å². The minimum absolute atomic E-state index is 0.0285. The van der Waals surface area contributed by atoms with Gasteiger partial charge in [0, 0.05) is 41.9 Å². The number of anilines is 3. The van der Waals surface area contributed by atoms with Gasteiger partial charge in [0.25, 0.3) is 0 Å². The molecule has 288 valence electrons. The first-order valence-corrected chi connectivity index (χ1v) is 22.9. The van der Waals surface area contributed by atoms with E-state index < -0.39 is 51.5 Å². The lowest BCUT2D eigenvalue weighted by molar-refractivity contribution is -0.137. The summed E-state index contributed by atoms with van der Waals surface area (Å²) in [6.07, 6.45) is -4.79. The Balaban J connectivity index is 0.000000252. The van der Waals surface area contributed by atoms with E-state index in [9.17, 15) is 46.8 Å². The lowest BCUT2D eigenvalue weighted by Crippen LogP contribution is -2.43. The highest BCUT2D eigenvalue weighted by molar-refractivity contribution is 9.10. The summed E-state index contributed by atoms with van der Waals surface area (Å²) in [6, 6.07) is 13.1. The molecule has 4 N–H and O–H groups in total. The molecule has 0 saturated carbocycles. The molecule has 3 aromatic carbocycles. The van der Waals surface area contributed by atoms with Crippen molar-refractivity contribution in [3.05, 3.63) is 75.7 Å². The summed E-state index contributed by atoms with van der Waals surface area (Å²) in [5.41, 5.74) is 4.01. The summed E-state index contributed by atoms with van der Waals surface area (Å²) in [5, 5.41) is 8.38. The van der Waals surface area contributed by atoms with Gasteiger partial charge in [0.15, 0.2) is 19.7 Å². The highest BCUT2D eigenvalue weighted by Gasteiger charge is 2.36. The number of aromatic nitrogens is 3. The molecular formula is C29H30BrClF3N7O8S4. The molecule has 24 heteroatoms. The number of alkyl halides is 3. The van der Waals surface area contributed by atoms with Crippen LogP contribution in [-0.2, 0) is 45.9 Å². The van der Waals surface area contributed by atoms with E-state index in [-0.39, 0.29) is 92.7 Å². The lowest BCUT2D eigenvalue weighted by atomic mass is 9.98. The van der Waals surface area contributed by atoms with Gasteiger partial charge in [-0.1, -0.05) is 39.7 Å². The quantitative estimate of drug-likeness (QED) is 0.241. The van der Waals surface area contributed by atoms with Crippen LogP contribution in [0.25, 0.3) is 11.1 Å². The van der Waals surface area contributed by atoms with Crippen LogP contribution >= 0.6 is 27.5 Å². The van der Waals surface area contributed by atoms with Gasteiger partial charge in [0.1, 0.15) is 0 Å². The molecule has 4 aromatic rings. The Kier molecular flexibility index (Phi) is 11.9. The molecule has 3 heterocycles. The van der Waals surface area contributed by atoms with Gasteiger partial charge in [0.05, 0.1) is 43.4 Å². The molecule has 0 amide bonds.